The minimum atomic E-state index is -0.702. The third-order valence-electron chi connectivity index (χ3n) is 4.65. The lowest BCUT2D eigenvalue weighted by Gasteiger charge is -2.23. The Morgan fingerprint density at radius 3 is 2.50 bits per heavy atom. The van der Waals surface area contributed by atoms with Gasteiger partial charge in [-0.25, -0.2) is 4.39 Å². The second kappa shape index (κ2) is 7.37. The monoisotopic (exact) mass is 396 g/mol. The largest absolute Gasteiger partial charge is 0.355 e. The predicted octanol–water partition coefficient (Wildman–Crippen LogP) is 2.89. The van der Waals surface area contributed by atoms with Gasteiger partial charge in [-0.15, -0.1) is 0 Å². The SMILES string of the molecule is CNC(=O)c1ccc(N2C(=S)N(c3ccc(C#N)c(C)c3)C(=O)C2C)cc1F. The Morgan fingerprint density at radius 2 is 1.93 bits per heavy atom. The van der Waals surface area contributed by atoms with Crippen LogP contribution in [0.15, 0.2) is 36.4 Å². The minimum Gasteiger partial charge on any atom is -0.355 e. The van der Waals surface area contributed by atoms with Gasteiger partial charge in [-0.05, 0) is 68.0 Å². The fraction of sp³-hybridized carbons (Fsp3) is 0.200. The number of nitriles is 1. The van der Waals surface area contributed by atoms with Crippen LogP contribution in [0, 0.1) is 24.1 Å². The van der Waals surface area contributed by atoms with Gasteiger partial charge in [0.05, 0.1) is 22.9 Å². The molecule has 1 fully saturated rings. The smallest absolute Gasteiger partial charge is 0.256 e. The molecule has 1 aliphatic rings. The number of nitrogens with zero attached hydrogens (tertiary/aromatic N) is 3. The van der Waals surface area contributed by atoms with Crippen LogP contribution in [-0.2, 0) is 4.79 Å². The van der Waals surface area contributed by atoms with Crippen LogP contribution in [0.4, 0.5) is 15.8 Å². The third kappa shape index (κ3) is 3.10. The molecule has 0 saturated carbocycles. The van der Waals surface area contributed by atoms with Crippen LogP contribution >= 0.6 is 12.2 Å². The molecule has 0 spiro atoms. The Kier molecular flexibility index (Phi) is 5.12. The number of carbonyl (C=O) groups excluding carboxylic acids is 2. The van der Waals surface area contributed by atoms with Gasteiger partial charge in [-0.1, -0.05) is 0 Å². The molecule has 1 atom stereocenters. The maximum Gasteiger partial charge on any atom is 0.256 e. The first-order valence-corrected chi connectivity index (χ1v) is 8.90. The number of thiocarbonyl (C=S) groups is 1. The summed E-state index contributed by atoms with van der Waals surface area (Å²) in [6.07, 6.45) is 0. The highest BCUT2D eigenvalue weighted by molar-refractivity contribution is 7.81. The van der Waals surface area contributed by atoms with Gasteiger partial charge in [0, 0.05) is 12.7 Å². The molecule has 0 bridgehead atoms. The number of hydrogen-bond acceptors (Lipinski definition) is 4. The van der Waals surface area contributed by atoms with Crippen molar-refractivity contribution in [3.63, 3.8) is 0 Å². The van der Waals surface area contributed by atoms with E-state index in [0.717, 1.165) is 5.56 Å². The lowest BCUT2D eigenvalue weighted by Crippen LogP contribution is -2.34. The van der Waals surface area contributed by atoms with E-state index >= 15 is 0 Å². The zero-order valence-electron chi connectivity index (χ0n) is 15.5. The van der Waals surface area contributed by atoms with Crippen LogP contribution in [0.5, 0.6) is 0 Å². The molecule has 1 aliphatic heterocycles. The first-order valence-electron chi connectivity index (χ1n) is 8.49. The van der Waals surface area contributed by atoms with E-state index in [0.29, 0.717) is 16.9 Å². The molecule has 1 saturated heterocycles. The van der Waals surface area contributed by atoms with Gasteiger partial charge in [0.25, 0.3) is 11.8 Å². The molecule has 2 aromatic rings. The highest BCUT2D eigenvalue weighted by atomic mass is 32.1. The molecule has 1 N–H and O–H groups in total. The predicted molar refractivity (Wildman–Crippen MR) is 108 cm³/mol. The minimum absolute atomic E-state index is 0.0880. The summed E-state index contributed by atoms with van der Waals surface area (Å²) in [5.74, 6) is -1.50. The third-order valence-corrected chi connectivity index (χ3v) is 5.03. The van der Waals surface area contributed by atoms with Crippen molar-refractivity contribution in [2.24, 2.45) is 0 Å². The number of rotatable bonds is 3. The summed E-state index contributed by atoms with van der Waals surface area (Å²) in [5.41, 5.74) is 2.07. The number of hydrogen-bond donors (Lipinski definition) is 1. The number of aryl methyl sites for hydroxylation is 1. The van der Waals surface area contributed by atoms with Crippen LogP contribution in [-0.4, -0.2) is 30.0 Å². The fourth-order valence-corrected chi connectivity index (χ4v) is 3.58. The van der Waals surface area contributed by atoms with Gasteiger partial charge in [0.2, 0.25) is 0 Å². The summed E-state index contributed by atoms with van der Waals surface area (Å²) in [4.78, 5) is 27.5. The number of nitrogens with one attached hydrogen (secondary N) is 1. The van der Waals surface area contributed by atoms with Crippen LogP contribution in [0.3, 0.4) is 0 Å². The van der Waals surface area contributed by atoms with Crippen LogP contribution in [0.1, 0.15) is 28.4 Å². The first kappa shape index (κ1) is 19.5. The van der Waals surface area contributed by atoms with E-state index < -0.39 is 17.8 Å². The van der Waals surface area contributed by atoms with Gasteiger partial charge in [0.15, 0.2) is 5.11 Å². The molecule has 1 heterocycles. The van der Waals surface area contributed by atoms with Crippen molar-refractivity contribution in [3.05, 3.63) is 58.9 Å². The van der Waals surface area contributed by atoms with Crippen molar-refractivity contribution in [2.75, 3.05) is 16.8 Å². The Bertz CT molecular complexity index is 1050. The Labute approximate surface area is 167 Å². The zero-order chi connectivity index (χ0) is 20.6. The van der Waals surface area contributed by atoms with Crippen molar-refractivity contribution >= 4 is 40.5 Å². The highest BCUT2D eigenvalue weighted by Crippen LogP contribution is 2.31. The van der Waals surface area contributed by atoms with Gasteiger partial charge in [0.1, 0.15) is 11.9 Å². The second-order valence-corrected chi connectivity index (χ2v) is 6.72. The molecule has 6 nitrogen and oxygen atoms in total. The topological polar surface area (TPSA) is 76.4 Å². The lowest BCUT2D eigenvalue weighted by molar-refractivity contribution is -0.117. The Hall–Kier alpha value is -3.31. The molecule has 142 valence electrons. The molecule has 2 amide bonds. The van der Waals surface area contributed by atoms with Gasteiger partial charge >= 0.3 is 0 Å². The Morgan fingerprint density at radius 1 is 1.25 bits per heavy atom. The number of benzene rings is 2. The maximum atomic E-state index is 14.4. The van der Waals surface area contributed by atoms with Gasteiger partial charge < -0.3 is 10.2 Å². The van der Waals surface area contributed by atoms with Crippen molar-refractivity contribution in [1.82, 2.24) is 5.32 Å². The van der Waals surface area contributed by atoms with Crippen LogP contribution in [0.25, 0.3) is 0 Å². The molecular formula is C20H17FN4O2S. The average Bonchev–Trinajstić information content (AvgIpc) is 2.89. The van der Waals surface area contributed by atoms with E-state index in [1.807, 2.05) is 0 Å². The van der Waals surface area contributed by atoms with E-state index in [4.69, 9.17) is 17.5 Å². The Balaban J connectivity index is 1.99. The molecule has 1 unspecified atom stereocenters. The van der Waals surface area contributed by atoms with E-state index in [9.17, 15) is 14.0 Å². The molecule has 0 aromatic heterocycles. The van der Waals surface area contributed by atoms with Crippen molar-refractivity contribution in [3.8, 4) is 6.07 Å². The van der Waals surface area contributed by atoms with E-state index in [2.05, 4.69) is 11.4 Å². The summed E-state index contributed by atoms with van der Waals surface area (Å²) < 4.78 is 14.4. The molecule has 8 heteroatoms. The number of amides is 2. The van der Waals surface area contributed by atoms with Crippen LogP contribution < -0.4 is 15.1 Å². The first-order chi connectivity index (χ1) is 13.3. The molecular weight excluding hydrogens is 379 g/mol. The number of anilines is 2. The summed E-state index contributed by atoms with van der Waals surface area (Å²) in [6, 6.07) is 10.5. The normalized spacial score (nSPS) is 16.3. The second-order valence-electron chi connectivity index (χ2n) is 6.36. The van der Waals surface area contributed by atoms with Crippen molar-refractivity contribution < 1.29 is 14.0 Å². The number of halogens is 1. The summed E-state index contributed by atoms with van der Waals surface area (Å²) >= 11 is 5.50. The molecule has 2 aromatic carbocycles. The summed E-state index contributed by atoms with van der Waals surface area (Å²) in [7, 11) is 1.42. The molecule has 3 rings (SSSR count). The molecule has 0 radical (unpaired) electrons. The standard InChI is InChI=1S/C20H17FN4O2S/c1-11-8-14(5-4-13(11)10-22)25-19(27)12(2)24(20(25)28)15-6-7-16(17(21)9-15)18(26)23-3/h4-9,12H,1-3H3,(H,23,26). The molecule has 28 heavy (non-hydrogen) atoms. The average molecular weight is 396 g/mol. The van der Waals surface area contributed by atoms with Gasteiger partial charge in [-0.2, -0.15) is 5.26 Å². The van der Waals surface area contributed by atoms with Gasteiger partial charge in [-0.3, -0.25) is 14.5 Å². The lowest BCUT2D eigenvalue weighted by atomic mass is 10.1. The number of carbonyl (C=O) groups is 2. The molecule has 0 aliphatic carbocycles. The van der Waals surface area contributed by atoms with E-state index in [1.54, 1.807) is 43.0 Å². The fourth-order valence-electron chi connectivity index (χ4n) is 3.12. The van der Waals surface area contributed by atoms with Crippen molar-refractivity contribution in [1.29, 1.82) is 5.26 Å². The van der Waals surface area contributed by atoms with Crippen molar-refractivity contribution in [2.45, 2.75) is 19.9 Å². The van der Waals surface area contributed by atoms with E-state index in [1.165, 1.54) is 24.1 Å². The van der Waals surface area contributed by atoms with E-state index in [-0.39, 0.29) is 16.6 Å². The zero-order valence-corrected chi connectivity index (χ0v) is 16.3. The summed E-state index contributed by atoms with van der Waals surface area (Å²) in [5, 5.41) is 11.7. The quantitative estimate of drug-likeness (QED) is 0.808. The van der Waals surface area contributed by atoms with Crippen LogP contribution in [0.2, 0.25) is 0 Å². The highest BCUT2D eigenvalue weighted by Gasteiger charge is 2.41. The maximum absolute atomic E-state index is 14.4. The summed E-state index contributed by atoms with van der Waals surface area (Å²) in [6.45, 7) is 3.45.